The molecule has 1 amide bonds. The zero-order valence-corrected chi connectivity index (χ0v) is 8.72. The number of amides is 1. The third kappa shape index (κ3) is 2.54. The van der Waals surface area contributed by atoms with Crippen LogP contribution in [0.1, 0.15) is 10.5 Å². The first-order valence-corrected chi connectivity index (χ1v) is 4.80. The Morgan fingerprint density at radius 1 is 1.18 bits per heavy atom. The molecule has 86 valence electrons. The first-order chi connectivity index (χ1) is 8.16. The van der Waals surface area contributed by atoms with E-state index in [4.69, 9.17) is 5.73 Å². The van der Waals surface area contributed by atoms with Gasteiger partial charge in [0.2, 0.25) is 0 Å². The Kier molecular flexibility index (Phi) is 2.95. The maximum absolute atomic E-state index is 12.7. The second-order valence-corrected chi connectivity index (χ2v) is 3.25. The van der Waals surface area contributed by atoms with E-state index in [1.807, 2.05) is 0 Å². The van der Waals surface area contributed by atoms with Gasteiger partial charge in [0.25, 0.3) is 5.91 Å². The zero-order chi connectivity index (χ0) is 12.3. The molecule has 1 aromatic heterocycles. The SMILES string of the molecule is Nc1nccnc1C(=O)Nc1ccc(F)cc1. The molecule has 0 saturated heterocycles. The highest BCUT2D eigenvalue weighted by molar-refractivity contribution is 6.05. The third-order valence-corrected chi connectivity index (χ3v) is 2.04. The highest BCUT2D eigenvalue weighted by Gasteiger charge is 2.11. The lowest BCUT2D eigenvalue weighted by Crippen LogP contribution is -2.16. The van der Waals surface area contributed by atoms with Crippen molar-refractivity contribution in [3.8, 4) is 0 Å². The molecule has 1 aromatic carbocycles. The minimum Gasteiger partial charge on any atom is -0.382 e. The molecule has 1 heterocycles. The van der Waals surface area contributed by atoms with E-state index < -0.39 is 5.91 Å². The number of nitrogens with two attached hydrogens (primary N) is 1. The minimum absolute atomic E-state index is 0.0387. The fraction of sp³-hybridized carbons (Fsp3) is 0. The topological polar surface area (TPSA) is 80.9 Å². The van der Waals surface area contributed by atoms with Gasteiger partial charge in [0.1, 0.15) is 5.82 Å². The predicted molar refractivity (Wildman–Crippen MR) is 60.8 cm³/mol. The maximum Gasteiger partial charge on any atom is 0.278 e. The van der Waals surface area contributed by atoms with Gasteiger partial charge in [0.05, 0.1) is 0 Å². The van der Waals surface area contributed by atoms with Crippen molar-refractivity contribution in [3.63, 3.8) is 0 Å². The van der Waals surface area contributed by atoms with Crippen LogP contribution in [0.5, 0.6) is 0 Å². The molecule has 0 unspecified atom stereocenters. The Labute approximate surface area is 96.5 Å². The summed E-state index contributed by atoms with van der Waals surface area (Å²) in [6.07, 6.45) is 2.76. The number of nitrogen functional groups attached to an aromatic ring is 1. The molecule has 0 bridgehead atoms. The lowest BCUT2D eigenvalue weighted by molar-refractivity contribution is 0.102. The molecule has 0 radical (unpaired) electrons. The van der Waals surface area contributed by atoms with Crippen LogP contribution in [-0.2, 0) is 0 Å². The van der Waals surface area contributed by atoms with Crippen molar-refractivity contribution < 1.29 is 9.18 Å². The third-order valence-electron chi connectivity index (χ3n) is 2.04. The molecule has 0 aliphatic rings. The van der Waals surface area contributed by atoms with E-state index >= 15 is 0 Å². The number of hydrogen-bond acceptors (Lipinski definition) is 4. The normalized spacial score (nSPS) is 9.94. The second kappa shape index (κ2) is 4.56. The van der Waals surface area contributed by atoms with Gasteiger partial charge in [-0.1, -0.05) is 0 Å². The molecule has 17 heavy (non-hydrogen) atoms. The average molecular weight is 232 g/mol. The van der Waals surface area contributed by atoms with Gasteiger partial charge in [-0.25, -0.2) is 14.4 Å². The Bertz CT molecular complexity index is 541. The summed E-state index contributed by atoms with van der Waals surface area (Å²) in [5.41, 5.74) is 6.00. The van der Waals surface area contributed by atoms with Crippen molar-refractivity contribution in [2.75, 3.05) is 11.1 Å². The number of aromatic nitrogens is 2. The molecule has 0 fully saturated rings. The predicted octanol–water partition coefficient (Wildman–Crippen LogP) is 1.45. The van der Waals surface area contributed by atoms with Gasteiger partial charge in [-0.15, -0.1) is 0 Å². The second-order valence-electron chi connectivity index (χ2n) is 3.25. The molecule has 0 aliphatic carbocycles. The Morgan fingerprint density at radius 2 is 1.82 bits per heavy atom. The van der Waals surface area contributed by atoms with Crippen LogP contribution in [0.25, 0.3) is 0 Å². The number of rotatable bonds is 2. The molecular formula is C11H9FN4O. The molecule has 6 heteroatoms. The molecule has 0 saturated carbocycles. The van der Waals surface area contributed by atoms with E-state index in [1.54, 1.807) is 0 Å². The van der Waals surface area contributed by atoms with Gasteiger partial charge in [0, 0.05) is 18.1 Å². The minimum atomic E-state index is -0.484. The van der Waals surface area contributed by atoms with Crippen molar-refractivity contribution in [2.45, 2.75) is 0 Å². The number of carbonyl (C=O) groups is 1. The van der Waals surface area contributed by atoms with Crippen molar-refractivity contribution in [3.05, 3.63) is 48.2 Å². The smallest absolute Gasteiger partial charge is 0.278 e. The van der Waals surface area contributed by atoms with Crippen LogP contribution >= 0.6 is 0 Å². The van der Waals surface area contributed by atoms with E-state index in [2.05, 4.69) is 15.3 Å². The number of hydrogen-bond donors (Lipinski definition) is 2. The van der Waals surface area contributed by atoms with Crippen LogP contribution in [0, 0.1) is 5.82 Å². The van der Waals surface area contributed by atoms with Crippen LogP contribution in [0.4, 0.5) is 15.9 Å². The van der Waals surface area contributed by atoms with Crippen molar-refractivity contribution in [1.82, 2.24) is 9.97 Å². The van der Waals surface area contributed by atoms with Crippen LogP contribution in [-0.4, -0.2) is 15.9 Å². The molecule has 3 N–H and O–H groups in total. The Hall–Kier alpha value is -2.50. The van der Waals surface area contributed by atoms with Crippen LogP contribution < -0.4 is 11.1 Å². The summed E-state index contributed by atoms with van der Waals surface area (Å²) in [5, 5.41) is 2.54. The lowest BCUT2D eigenvalue weighted by atomic mass is 10.3. The number of nitrogens with zero attached hydrogens (tertiary/aromatic N) is 2. The maximum atomic E-state index is 12.7. The number of nitrogens with one attached hydrogen (secondary N) is 1. The summed E-state index contributed by atoms with van der Waals surface area (Å²) in [7, 11) is 0. The zero-order valence-electron chi connectivity index (χ0n) is 8.72. The fourth-order valence-electron chi connectivity index (χ4n) is 1.25. The molecule has 5 nitrogen and oxygen atoms in total. The summed E-state index contributed by atoms with van der Waals surface area (Å²) in [6.45, 7) is 0. The number of anilines is 2. The van der Waals surface area contributed by atoms with Gasteiger partial charge in [-0.05, 0) is 24.3 Å². The number of carbonyl (C=O) groups excluding carboxylic acids is 1. The summed E-state index contributed by atoms with van der Waals surface area (Å²) in [5.74, 6) is -0.809. The first kappa shape index (κ1) is 11.0. The summed E-state index contributed by atoms with van der Waals surface area (Å²) < 4.78 is 12.7. The van der Waals surface area contributed by atoms with Gasteiger partial charge >= 0.3 is 0 Å². The van der Waals surface area contributed by atoms with E-state index in [0.29, 0.717) is 5.69 Å². The van der Waals surface area contributed by atoms with E-state index in [9.17, 15) is 9.18 Å². The van der Waals surface area contributed by atoms with Crippen LogP contribution in [0.3, 0.4) is 0 Å². The molecule has 0 atom stereocenters. The average Bonchev–Trinajstić information content (AvgIpc) is 2.32. The number of halogens is 1. The van der Waals surface area contributed by atoms with E-state index in [-0.39, 0.29) is 17.3 Å². The molecule has 2 rings (SSSR count). The molecule has 0 aliphatic heterocycles. The monoisotopic (exact) mass is 232 g/mol. The highest BCUT2D eigenvalue weighted by atomic mass is 19.1. The largest absolute Gasteiger partial charge is 0.382 e. The summed E-state index contributed by atoms with van der Waals surface area (Å²) in [6, 6.07) is 5.38. The molecule has 2 aromatic rings. The standard InChI is InChI=1S/C11H9FN4O/c12-7-1-3-8(4-2-7)16-11(17)9-10(13)15-6-5-14-9/h1-6H,(H2,13,15)(H,16,17). The van der Waals surface area contributed by atoms with Gasteiger partial charge in [-0.3, -0.25) is 4.79 Å². The van der Waals surface area contributed by atoms with E-state index in [0.717, 1.165) is 0 Å². The van der Waals surface area contributed by atoms with Gasteiger partial charge in [0.15, 0.2) is 11.5 Å². The van der Waals surface area contributed by atoms with Gasteiger partial charge < -0.3 is 11.1 Å². The number of benzene rings is 1. The summed E-state index contributed by atoms with van der Waals surface area (Å²) in [4.78, 5) is 19.3. The van der Waals surface area contributed by atoms with Gasteiger partial charge in [-0.2, -0.15) is 0 Å². The van der Waals surface area contributed by atoms with E-state index in [1.165, 1.54) is 36.7 Å². The van der Waals surface area contributed by atoms with Crippen molar-refractivity contribution >= 4 is 17.4 Å². The van der Waals surface area contributed by atoms with Crippen LogP contribution in [0.2, 0.25) is 0 Å². The fourth-order valence-corrected chi connectivity index (χ4v) is 1.25. The molecular weight excluding hydrogens is 223 g/mol. The first-order valence-electron chi connectivity index (χ1n) is 4.80. The van der Waals surface area contributed by atoms with Crippen molar-refractivity contribution in [2.24, 2.45) is 0 Å². The lowest BCUT2D eigenvalue weighted by Gasteiger charge is -2.05. The Morgan fingerprint density at radius 3 is 2.47 bits per heavy atom. The summed E-state index contributed by atoms with van der Waals surface area (Å²) >= 11 is 0. The molecule has 0 spiro atoms. The highest BCUT2D eigenvalue weighted by Crippen LogP contribution is 2.11. The van der Waals surface area contributed by atoms with Crippen LogP contribution in [0.15, 0.2) is 36.7 Å². The van der Waals surface area contributed by atoms with Crippen molar-refractivity contribution in [1.29, 1.82) is 0 Å². The Balaban J connectivity index is 2.17. The quantitative estimate of drug-likeness (QED) is 0.821.